The Morgan fingerprint density at radius 2 is 1.45 bits per heavy atom. The lowest BCUT2D eigenvalue weighted by Gasteiger charge is -2.15. The highest BCUT2D eigenvalue weighted by Gasteiger charge is 2.23. The molecule has 2 heterocycles. The van der Waals surface area contributed by atoms with Crippen LogP contribution in [0.4, 0.5) is 5.13 Å². The molecule has 0 amide bonds. The van der Waals surface area contributed by atoms with E-state index in [4.69, 9.17) is 5.73 Å². The number of nitrogen functional groups attached to an aromatic ring is 1. The largest absolute Gasteiger partial charge is 0.374 e. The molecule has 22 heavy (non-hydrogen) atoms. The van der Waals surface area contributed by atoms with Crippen molar-refractivity contribution in [3.8, 4) is 0 Å². The monoisotopic (exact) mass is 307 g/mol. The van der Waals surface area contributed by atoms with Gasteiger partial charge in [0.15, 0.2) is 5.82 Å². The molecule has 6 heteroatoms. The molecule has 2 N–H and O–H groups in total. The number of rotatable bonds is 3. The first-order valence-corrected chi connectivity index (χ1v) is 7.72. The molecular formula is C16H13N5S. The Kier molecular flexibility index (Phi) is 3.08. The van der Waals surface area contributed by atoms with Crippen LogP contribution in [-0.4, -0.2) is 19.8 Å². The van der Waals surface area contributed by atoms with Gasteiger partial charge in [-0.3, -0.25) is 0 Å². The van der Waals surface area contributed by atoms with Crippen LogP contribution in [0.5, 0.6) is 0 Å². The number of hydrogen-bond donors (Lipinski definition) is 1. The van der Waals surface area contributed by atoms with E-state index in [0.717, 1.165) is 17.0 Å². The Hall–Kier alpha value is -2.73. The third-order valence-electron chi connectivity index (χ3n) is 3.55. The highest BCUT2D eigenvalue weighted by molar-refractivity contribution is 7.20. The van der Waals surface area contributed by atoms with E-state index in [2.05, 4.69) is 39.6 Å². The predicted octanol–water partition coefficient (Wildman–Crippen LogP) is 2.95. The lowest BCUT2D eigenvalue weighted by molar-refractivity contribution is 0.786. The summed E-state index contributed by atoms with van der Waals surface area (Å²) in [6.45, 7) is 0. The first-order chi connectivity index (χ1) is 10.8. The van der Waals surface area contributed by atoms with E-state index < -0.39 is 0 Å². The number of fused-ring (bicyclic) bond motifs is 1. The molecule has 0 spiro atoms. The van der Waals surface area contributed by atoms with E-state index in [1.54, 1.807) is 4.52 Å². The van der Waals surface area contributed by atoms with E-state index >= 15 is 0 Å². The second kappa shape index (κ2) is 5.23. The Bertz CT molecular complexity index is 859. The molecule has 0 saturated heterocycles. The number of hydrogen-bond acceptors (Lipinski definition) is 5. The molecule has 4 rings (SSSR count). The fourth-order valence-electron chi connectivity index (χ4n) is 2.61. The van der Waals surface area contributed by atoms with Crippen LogP contribution < -0.4 is 5.73 Å². The smallest absolute Gasteiger partial charge is 0.236 e. The zero-order valence-electron chi connectivity index (χ0n) is 11.6. The molecule has 0 aliphatic heterocycles. The highest BCUT2D eigenvalue weighted by Crippen LogP contribution is 2.31. The van der Waals surface area contributed by atoms with Crippen LogP contribution in [0.25, 0.3) is 4.96 Å². The highest BCUT2D eigenvalue weighted by atomic mass is 32.1. The van der Waals surface area contributed by atoms with E-state index in [-0.39, 0.29) is 5.92 Å². The van der Waals surface area contributed by atoms with E-state index in [0.29, 0.717) is 10.1 Å². The van der Waals surface area contributed by atoms with Crippen LogP contribution in [0, 0.1) is 0 Å². The molecule has 4 aromatic rings. The van der Waals surface area contributed by atoms with Crippen molar-refractivity contribution in [2.75, 3.05) is 5.73 Å². The van der Waals surface area contributed by atoms with E-state index in [1.807, 2.05) is 36.4 Å². The molecule has 0 saturated carbocycles. The summed E-state index contributed by atoms with van der Waals surface area (Å²) in [6, 6.07) is 20.5. The van der Waals surface area contributed by atoms with Gasteiger partial charge < -0.3 is 5.73 Å². The fraction of sp³-hybridized carbons (Fsp3) is 0.0625. The van der Waals surface area contributed by atoms with Gasteiger partial charge in [0.1, 0.15) is 0 Å². The molecule has 0 aliphatic carbocycles. The normalized spacial score (nSPS) is 11.3. The van der Waals surface area contributed by atoms with Gasteiger partial charge >= 0.3 is 0 Å². The van der Waals surface area contributed by atoms with Crippen molar-refractivity contribution in [2.45, 2.75) is 5.92 Å². The average Bonchev–Trinajstić information content (AvgIpc) is 3.10. The van der Waals surface area contributed by atoms with Crippen molar-refractivity contribution in [1.29, 1.82) is 0 Å². The fourth-order valence-corrected chi connectivity index (χ4v) is 3.22. The Morgan fingerprint density at radius 1 is 0.864 bits per heavy atom. The predicted molar refractivity (Wildman–Crippen MR) is 86.9 cm³/mol. The molecule has 0 radical (unpaired) electrons. The minimum absolute atomic E-state index is 0.0288. The summed E-state index contributed by atoms with van der Waals surface area (Å²) < 4.78 is 1.74. The van der Waals surface area contributed by atoms with Crippen molar-refractivity contribution in [1.82, 2.24) is 19.8 Å². The van der Waals surface area contributed by atoms with Crippen LogP contribution in [0.15, 0.2) is 60.7 Å². The Morgan fingerprint density at radius 3 is 2.05 bits per heavy atom. The third kappa shape index (κ3) is 2.14. The van der Waals surface area contributed by atoms with Crippen molar-refractivity contribution in [3.05, 3.63) is 77.6 Å². The second-order valence-electron chi connectivity index (χ2n) is 4.95. The summed E-state index contributed by atoms with van der Waals surface area (Å²) in [5, 5.41) is 13.4. The molecule has 0 fully saturated rings. The lowest BCUT2D eigenvalue weighted by atomic mass is 9.91. The molecule has 0 aliphatic rings. The molecular weight excluding hydrogens is 294 g/mol. The van der Waals surface area contributed by atoms with Gasteiger partial charge in [0.05, 0.1) is 5.92 Å². The Labute approximate surface area is 131 Å². The van der Waals surface area contributed by atoms with Crippen molar-refractivity contribution in [2.24, 2.45) is 0 Å². The molecule has 2 aromatic carbocycles. The minimum atomic E-state index is -0.0288. The number of anilines is 1. The van der Waals surface area contributed by atoms with Gasteiger partial charge in [-0.25, -0.2) is 0 Å². The number of aromatic nitrogens is 4. The zero-order valence-corrected chi connectivity index (χ0v) is 12.4. The van der Waals surface area contributed by atoms with Gasteiger partial charge in [-0.15, -0.1) is 15.3 Å². The molecule has 108 valence electrons. The van der Waals surface area contributed by atoms with Gasteiger partial charge in [-0.05, 0) is 11.1 Å². The van der Waals surface area contributed by atoms with E-state index in [9.17, 15) is 0 Å². The van der Waals surface area contributed by atoms with Crippen LogP contribution in [0.1, 0.15) is 22.9 Å². The lowest BCUT2D eigenvalue weighted by Crippen LogP contribution is -2.09. The molecule has 0 atom stereocenters. The quantitative estimate of drug-likeness (QED) is 0.632. The first kappa shape index (κ1) is 13.0. The summed E-state index contributed by atoms with van der Waals surface area (Å²) in [7, 11) is 0. The Balaban J connectivity index is 1.94. The van der Waals surface area contributed by atoms with Crippen molar-refractivity contribution >= 4 is 21.4 Å². The second-order valence-corrected chi connectivity index (χ2v) is 5.93. The van der Waals surface area contributed by atoms with Crippen molar-refractivity contribution in [3.63, 3.8) is 0 Å². The SMILES string of the molecule is Nc1nn2c(C(c3ccccc3)c3ccccc3)nnc2s1. The maximum absolute atomic E-state index is 5.80. The molecule has 2 aromatic heterocycles. The average molecular weight is 307 g/mol. The van der Waals surface area contributed by atoms with Crippen LogP contribution in [-0.2, 0) is 0 Å². The maximum Gasteiger partial charge on any atom is 0.236 e. The third-order valence-corrected chi connectivity index (χ3v) is 4.28. The maximum atomic E-state index is 5.80. The molecule has 0 bridgehead atoms. The standard InChI is InChI=1S/C16H13N5S/c17-15-20-21-14(18-19-16(21)22-15)13(11-7-3-1-4-8-11)12-9-5-2-6-10-12/h1-10,13H,(H2,17,20). The van der Waals surface area contributed by atoms with Crippen LogP contribution >= 0.6 is 11.3 Å². The summed E-state index contributed by atoms with van der Waals surface area (Å²) in [4.78, 5) is 0.712. The van der Waals surface area contributed by atoms with Gasteiger partial charge in [0.25, 0.3) is 0 Å². The first-order valence-electron chi connectivity index (χ1n) is 6.90. The van der Waals surface area contributed by atoms with Crippen molar-refractivity contribution < 1.29 is 0 Å². The number of benzene rings is 2. The number of nitrogens with two attached hydrogens (primary N) is 1. The van der Waals surface area contributed by atoms with Gasteiger partial charge in [-0.1, -0.05) is 72.0 Å². The number of nitrogens with zero attached hydrogens (tertiary/aromatic N) is 4. The summed E-state index contributed by atoms with van der Waals surface area (Å²) in [5.74, 6) is 0.749. The van der Waals surface area contributed by atoms with Gasteiger partial charge in [-0.2, -0.15) is 4.52 Å². The van der Waals surface area contributed by atoms with Gasteiger partial charge in [0.2, 0.25) is 10.1 Å². The molecule has 5 nitrogen and oxygen atoms in total. The summed E-state index contributed by atoms with van der Waals surface area (Å²) in [6.07, 6.45) is 0. The van der Waals surface area contributed by atoms with Crippen LogP contribution in [0.2, 0.25) is 0 Å². The minimum Gasteiger partial charge on any atom is -0.374 e. The topological polar surface area (TPSA) is 69.1 Å². The van der Waals surface area contributed by atoms with Gasteiger partial charge in [0, 0.05) is 0 Å². The zero-order chi connectivity index (χ0) is 14.9. The summed E-state index contributed by atoms with van der Waals surface area (Å²) >= 11 is 1.34. The van der Waals surface area contributed by atoms with Crippen LogP contribution in [0.3, 0.4) is 0 Å². The molecule has 0 unspecified atom stereocenters. The summed E-state index contributed by atoms with van der Waals surface area (Å²) in [5.41, 5.74) is 8.10. The van der Waals surface area contributed by atoms with E-state index in [1.165, 1.54) is 11.3 Å².